The van der Waals surface area contributed by atoms with Crippen LogP contribution in [0.3, 0.4) is 0 Å². The zero-order valence-corrected chi connectivity index (χ0v) is 22.2. The van der Waals surface area contributed by atoms with Crippen molar-refractivity contribution in [1.29, 1.82) is 0 Å². The van der Waals surface area contributed by atoms with Gasteiger partial charge in [-0.1, -0.05) is 36.4 Å². The largest absolute Gasteiger partial charge is 0.411 e. The van der Waals surface area contributed by atoms with Crippen LogP contribution in [-0.4, -0.2) is 49.6 Å². The average Bonchev–Trinajstić information content (AvgIpc) is 3.56. The van der Waals surface area contributed by atoms with Crippen LogP contribution in [0.2, 0.25) is 0 Å². The van der Waals surface area contributed by atoms with Crippen LogP contribution in [0.25, 0.3) is 10.9 Å². The number of carbonyl (C=O) groups excluding carboxylic acids is 1. The Kier molecular flexibility index (Phi) is 8.02. The molecule has 0 bridgehead atoms. The first-order chi connectivity index (χ1) is 17.3. The summed E-state index contributed by atoms with van der Waals surface area (Å²) >= 11 is 2.70. The average molecular weight is 543 g/mol. The number of benzene rings is 2. The monoisotopic (exact) mass is 542 g/mol. The Hall–Kier alpha value is -3.28. The molecule has 8 nitrogen and oxygen atoms in total. The Morgan fingerprint density at radius 2 is 2.00 bits per heavy atom. The highest BCUT2D eigenvalue weighted by atomic mass is 32.2. The topological polar surface area (TPSA) is 115 Å². The van der Waals surface area contributed by atoms with Gasteiger partial charge in [0.15, 0.2) is 0 Å². The molecule has 0 aliphatic rings. The number of thiophene rings is 1. The number of rotatable bonds is 10. The molecule has 0 spiro atoms. The van der Waals surface area contributed by atoms with E-state index in [0.717, 1.165) is 27.8 Å². The number of aromatic nitrogens is 1. The highest BCUT2D eigenvalue weighted by Crippen LogP contribution is 2.32. The van der Waals surface area contributed by atoms with Gasteiger partial charge in [0.25, 0.3) is 15.9 Å². The minimum Gasteiger partial charge on any atom is -0.411 e. The summed E-state index contributed by atoms with van der Waals surface area (Å²) in [5.41, 5.74) is 3.33. The number of oxime groups is 1. The van der Waals surface area contributed by atoms with Gasteiger partial charge in [-0.05, 0) is 47.7 Å². The molecule has 36 heavy (non-hydrogen) atoms. The van der Waals surface area contributed by atoms with E-state index in [1.807, 2.05) is 43.3 Å². The first-order valence-corrected chi connectivity index (χ1v) is 14.4. The summed E-state index contributed by atoms with van der Waals surface area (Å²) in [6, 6.07) is 18.5. The molecule has 4 rings (SSSR count). The minimum atomic E-state index is -3.73. The lowest BCUT2D eigenvalue weighted by Crippen LogP contribution is -2.31. The van der Waals surface area contributed by atoms with Crippen LogP contribution in [-0.2, 0) is 15.8 Å². The fraction of sp³-hybridized carbons (Fsp3) is 0.200. The fourth-order valence-corrected chi connectivity index (χ4v) is 7.01. The smallest absolute Gasteiger partial charge is 0.273 e. The third kappa shape index (κ3) is 5.75. The van der Waals surface area contributed by atoms with Crippen LogP contribution in [0.5, 0.6) is 0 Å². The Morgan fingerprint density at radius 3 is 2.69 bits per heavy atom. The number of nitrogens with one attached hydrogen (secondary N) is 2. The zero-order valence-electron chi connectivity index (χ0n) is 19.7. The predicted molar refractivity (Wildman–Crippen MR) is 147 cm³/mol. The highest BCUT2D eigenvalue weighted by molar-refractivity contribution is 7.99. The summed E-state index contributed by atoms with van der Waals surface area (Å²) in [5.74, 6) is 0.364. The quantitative estimate of drug-likeness (QED) is 0.150. The Labute approximate surface area is 218 Å². The predicted octanol–water partition coefficient (Wildman–Crippen LogP) is 4.85. The molecule has 1 unspecified atom stereocenters. The molecular formula is C25H26N4O4S3. The summed E-state index contributed by atoms with van der Waals surface area (Å²) in [7, 11) is -2.23. The number of amides is 1. The molecule has 1 amide bonds. The van der Waals surface area contributed by atoms with Gasteiger partial charge in [-0.3, -0.25) is 9.10 Å². The van der Waals surface area contributed by atoms with Crippen molar-refractivity contribution in [2.75, 3.05) is 17.9 Å². The van der Waals surface area contributed by atoms with Gasteiger partial charge in [-0.15, -0.1) is 28.3 Å². The third-order valence-corrected chi connectivity index (χ3v) is 9.91. The maximum Gasteiger partial charge on any atom is 0.273 e. The van der Waals surface area contributed by atoms with Gasteiger partial charge in [0.1, 0.15) is 9.90 Å². The van der Waals surface area contributed by atoms with E-state index in [1.165, 1.54) is 17.6 Å². The van der Waals surface area contributed by atoms with Crippen molar-refractivity contribution in [2.45, 2.75) is 22.1 Å². The van der Waals surface area contributed by atoms with E-state index in [0.29, 0.717) is 22.7 Å². The summed E-state index contributed by atoms with van der Waals surface area (Å²) in [5, 5.41) is 17.3. The molecule has 0 saturated carbocycles. The van der Waals surface area contributed by atoms with Crippen LogP contribution in [0, 0.1) is 6.92 Å². The Bertz CT molecular complexity index is 1470. The van der Waals surface area contributed by atoms with E-state index in [4.69, 9.17) is 5.21 Å². The SMILES string of the molecule is Cc1cc(N(C)S(=O)(=O)c2cccs2)c2[nH]c(C(=O)NCC(C=NO)SCc3ccccc3)cc2c1. The molecule has 11 heteroatoms. The number of aromatic amines is 1. The lowest BCUT2D eigenvalue weighted by Gasteiger charge is -2.20. The van der Waals surface area contributed by atoms with E-state index in [9.17, 15) is 13.2 Å². The van der Waals surface area contributed by atoms with Gasteiger partial charge >= 0.3 is 0 Å². The molecule has 2 aromatic heterocycles. The van der Waals surface area contributed by atoms with Crippen LogP contribution in [0.1, 0.15) is 21.6 Å². The van der Waals surface area contributed by atoms with E-state index >= 15 is 0 Å². The third-order valence-electron chi connectivity index (χ3n) is 5.55. The van der Waals surface area contributed by atoms with E-state index in [-0.39, 0.29) is 21.9 Å². The van der Waals surface area contributed by atoms with Crippen molar-refractivity contribution in [3.63, 3.8) is 0 Å². The summed E-state index contributed by atoms with van der Waals surface area (Å²) in [6.07, 6.45) is 1.39. The molecular weight excluding hydrogens is 517 g/mol. The maximum absolute atomic E-state index is 13.1. The van der Waals surface area contributed by atoms with Crippen molar-refractivity contribution in [3.05, 3.63) is 82.9 Å². The maximum atomic E-state index is 13.1. The standard InChI is InChI=1S/C25H26N4O4S3/c1-17-11-19-13-21(25(30)26-14-20(15-27-31)35-16-18-7-4-3-5-8-18)28-24(19)22(12-17)29(2)36(32,33)23-9-6-10-34-23/h3-13,15,20,28,31H,14,16H2,1-2H3,(H,26,30). The molecule has 0 fully saturated rings. The molecule has 188 valence electrons. The molecule has 1 atom stereocenters. The number of carbonyl (C=O) groups is 1. The van der Waals surface area contributed by atoms with Crippen LogP contribution in [0.4, 0.5) is 5.69 Å². The lowest BCUT2D eigenvalue weighted by atomic mass is 10.1. The highest BCUT2D eigenvalue weighted by Gasteiger charge is 2.25. The van der Waals surface area contributed by atoms with Crippen LogP contribution < -0.4 is 9.62 Å². The molecule has 0 saturated heterocycles. The first kappa shape index (κ1) is 25.8. The number of sulfonamides is 1. The van der Waals surface area contributed by atoms with Crippen molar-refractivity contribution in [2.24, 2.45) is 5.16 Å². The molecule has 0 aliphatic carbocycles. The number of thioether (sulfide) groups is 1. The Balaban J connectivity index is 1.52. The number of hydrogen-bond acceptors (Lipinski definition) is 7. The van der Waals surface area contributed by atoms with Crippen molar-refractivity contribution in [1.82, 2.24) is 10.3 Å². The van der Waals surface area contributed by atoms with E-state index < -0.39 is 10.0 Å². The van der Waals surface area contributed by atoms with Gasteiger partial charge < -0.3 is 15.5 Å². The second-order valence-corrected chi connectivity index (χ2v) is 12.5. The van der Waals surface area contributed by atoms with Crippen LogP contribution >= 0.6 is 23.1 Å². The van der Waals surface area contributed by atoms with E-state index in [2.05, 4.69) is 15.5 Å². The van der Waals surface area contributed by atoms with Gasteiger partial charge in [-0.25, -0.2) is 8.42 Å². The second kappa shape index (κ2) is 11.2. The lowest BCUT2D eigenvalue weighted by molar-refractivity contribution is 0.0951. The molecule has 2 aromatic carbocycles. The molecule has 0 radical (unpaired) electrons. The number of fused-ring (bicyclic) bond motifs is 1. The molecule has 2 heterocycles. The van der Waals surface area contributed by atoms with Gasteiger partial charge in [0.2, 0.25) is 0 Å². The fourth-order valence-electron chi connectivity index (χ4n) is 3.71. The number of nitrogens with zero attached hydrogens (tertiary/aromatic N) is 2. The van der Waals surface area contributed by atoms with E-state index in [1.54, 1.807) is 41.4 Å². The molecule has 3 N–H and O–H groups in total. The van der Waals surface area contributed by atoms with Crippen molar-refractivity contribution in [3.8, 4) is 0 Å². The number of aryl methyl sites for hydroxylation is 1. The number of hydrogen-bond donors (Lipinski definition) is 3. The van der Waals surface area contributed by atoms with Gasteiger partial charge in [0.05, 0.1) is 22.7 Å². The normalized spacial score (nSPS) is 12.7. The first-order valence-electron chi connectivity index (χ1n) is 11.1. The minimum absolute atomic E-state index is 0.233. The molecule has 0 aliphatic heterocycles. The summed E-state index contributed by atoms with van der Waals surface area (Å²) in [4.78, 5) is 16.1. The second-order valence-electron chi connectivity index (χ2n) is 8.15. The summed E-state index contributed by atoms with van der Waals surface area (Å²) in [6.45, 7) is 2.14. The van der Waals surface area contributed by atoms with Crippen molar-refractivity contribution < 1.29 is 18.4 Å². The van der Waals surface area contributed by atoms with Gasteiger partial charge in [-0.2, -0.15) is 0 Å². The van der Waals surface area contributed by atoms with Gasteiger partial charge in [0, 0.05) is 24.7 Å². The van der Waals surface area contributed by atoms with Crippen LogP contribution in [0.15, 0.2) is 75.4 Å². The molecule has 4 aromatic rings. The Morgan fingerprint density at radius 1 is 1.22 bits per heavy atom. The zero-order chi connectivity index (χ0) is 25.7. The number of anilines is 1. The summed E-state index contributed by atoms with van der Waals surface area (Å²) < 4.78 is 27.7. The van der Waals surface area contributed by atoms with Crippen molar-refractivity contribution >= 4 is 61.8 Å². The number of H-pyrrole nitrogens is 1.